The molecule has 0 bridgehead atoms. The Kier molecular flexibility index (Phi) is 23.4. The maximum atomic E-state index is 2.47. The zero-order valence-electron chi connectivity index (χ0n) is 73.6. The van der Waals surface area contributed by atoms with E-state index in [1.54, 1.807) is 0 Å². The van der Waals surface area contributed by atoms with E-state index in [0.29, 0.717) is 0 Å². The Morgan fingerprint density at radius 1 is 0.153 bits per heavy atom. The van der Waals surface area contributed by atoms with E-state index in [1.807, 2.05) is 0 Å². The quantitative estimate of drug-likeness (QED) is 0.0668. The molecule has 0 unspecified atom stereocenters. The largest absolute Gasteiger partial charge is 0.0622 e. The molecule has 18 aromatic rings. The third kappa shape index (κ3) is 18.0. The average molecular weight is 1600 g/mol. The van der Waals surface area contributed by atoms with Crippen molar-refractivity contribution in [1.82, 2.24) is 0 Å². The molecule has 0 heteroatoms. The summed E-state index contributed by atoms with van der Waals surface area (Å²) in [5, 5.41) is 10.2. The summed E-state index contributed by atoms with van der Waals surface area (Å²) in [4.78, 5) is 0. The van der Waals surface area contributed by atoms with Crippen molar-refractivity contribution in [2.24, 2.45) is 0 Å². The van der Waals surface area contributed by atoms with E-state index < -0.39 is 0 Å². The molecule has 0 saturated carbocycles. The Hall–Kier alpha value is -14.0. The molecule has 0 aliphatic heterocycles. The van der Waals surface area contributed by atoms with Crippen LogP contribution in [0.25, 0.3) is 134 Å². The second-order valence-electron chi connectivity index (χ2n) is 37.2. The van der Waals surface area contributed by atoms with Crippen molar-refractivity contribution in [2.45, 2.75) is 105 Å². The van der Waals surface area contributed by atoms with Gasteiger partial charge in [0.25, 0.3) is 0 Å². The van der Waals surface area contributed by atoms with E-state index in [-0.39, 0.29) is 21.7 Å². The van der Waals surface area contributed by atoms with Crippen molar-refractivity contribution in [3.63, 3.8) is 0 Å². The summed E-state index contributed by atoms with van der Waals surface area (Å²) in [5.41, 5.74) is 34.4. The smallest absolute Gasteiger partial charge is 0.00262 e. The summed E-state index contributed by atoms with van der Waals surface area (Å²) in [7, 11) is 0. The fraction of sp³-hybridized carbons (Fsp3) is 0.129. The Labute approximate surface area is 735 Å². The number of rotatable bonds is 16. The number of fused-ring (bicyclic) bond motifs is 4. The minimum atomic E-state index is -0.0169. The van der Waals surface area contributed by atoms with Crippen molar-refractivity contribution in [3.8, 4) is 44.5 Å². The van der Waals surface area contributed by atoms with Crippen LogP contribution in [-0.4, -0.2) is 0 Å². The molecule has 0 spiro atoms. The predicted octanol–water partition coefficient (Wildman–Crippen LogP) is 34.2. The molecular weight excluding hydrogens is 1490 g/mol. The molecule has 0 fully saturated rings. The summed E-state index contributed by atoms with van der Waals surface area (Å²) in [6.07, 6.45) is 9.29. The molecule has 0 saturated heterocycles. The zero-order valence-corrected chi connectivity index (χ0v) is 73.6. The van der Waals surface area contributed by atoms with Gasteiger partial charge >= 0.3 is 0 Å². The van der Waals surface area contributed by atoms with Crippen LogP contribution >= 0.6 is 0 Å². The van der Waals surface area contributed by atoms with E-state index >= 15 is 0 Å². The lowest BCUT2D eigenvalue weighted by atomic mass is 9.79. The number of hydrogen-bond acceptors (Lipinski definition) is 0. The Morgan fingerprint density at radius 2 is 0.298 bits per heavy atom. The van der Waals surface area contributed by atoms with Gasteiger partial charge in [0.15, 0.2) is 0 Å². The first-order valence-electron chi connectivity index (χ1n) is 43.8. The van der Waals surface area contributed by atoms with Crippen LogP contribution in [0.1, 0.15) is 172 Å². The minimum Gasteiger partial charge on any atom is -0.0622 e. The highest BCUT2D eigenvalue weighted by Crippen LogP contribution is 2.50. The maximum absolute atomic E-state index is 2.47. The third-order valence-electron chi connectivity index (χ3n) is 24.4. The first-order chi connectivity index (χ1) is 60.0. The summed E-state index contributed by atoms with van der Waals surface area (Å²) in [6.45, 7) is 27.8. The maximum Gasteiger partial charge on any atom is -0.00262 e. The molecule has 604 valence electrons. The number of benzene rings is 18. The highest BCUT2D eigenvalue weighted by atomic mass is 14.3. The zero-order chi connectivity index (χ0) is 85.7. The minimum absolute atomic E-state index is 0.0141. The Morgan fingerprint density at radius 3 is 0.452 bits per heavy atom. The van der Waals surface area contributed by atoms with Crippen molar-refractivity contribution >= 4 is 89.7 Å². The van der Waals surface area contributed by atoms with Crippen LogP contribution in [0.5, 0.6) is 0 Å². The normalized spacial score (nSPS) is 11.7. The van der Waals surface area contributed by atoms with Crippen LogP contribution in [0.2, 0.25) is 0 Å². The van der Waals surface area contributed by atoms with Gasteiger partial charge in [-0.3, -0.25) is 0 Å². The van der Waals surface area contributed by atoms with E-state index in [4.69, 9.17) is 0 Å². The van der Waals surface area contributed by atoms with Crippen LogP contribution in [0, 0.1) is 0 Å². The molecule has 0 atom stereocenters. The van der Waals surface area contributed by atoms with Gasteiger partial charge in [0.2, 0.25) is 0 Å². The number of hydrogen-bond donors (Lipinski definition) is 0. The van der Waals surface area contributed by atoms with Gasteiger partial charge in [-0.2, -0.15) is 0 Å². The summed E-state index contributed by atoms with van der Waals surface area (Å²) < 4.78 is 0. The standard InChI is InChI=1S/2C62H54/c1-61(2,3)51-35-37-53-57(41-51)59(49-31-27-43(28-32-49)39-55(45-19-11-7-12-20-45)46-21-13-8-14-22-46)54-38-36-52(62(4,5)6)42-58(54)60(53)50-33-29-44(30-34-50)40-56(47-23-15-9-16-24-47)48-25-17-10-18-26-48;1-61(2,3)51-35-37-53-57(41-51)60(50-33-29-44(30-34-50)40-56(47-23-15-9-16-24-47)48-25-17-10-18-26-48)58-42-52(62(4,5)6)36-38-54(58)59(53)49-31-27-43(28-32-49)39-55(45-19-11-7-12-20-45)46-21-13-8-14-22-46/h2*7-42H,1-6H3. The van der Waals surface area contributed by atoms with Gasteiger partial charge in [-0.05, 0) is 269 Å². The Balaban J connectivity index is 0.000000176. The fourth-order valence-corrected chi connectivity index (χ4v) is 17.5. The lowest BCUT2D eigenvalue weighted by Gasteiger charge is -2.25. The van der Waals surface area contributed by atoms with Gasteiger partial charge in [0.1, 0.15) is 0 Å². The fourth-order valence-electron chi connectivity index (χ4n) is 17.5. The first-order valence-corrected chi connectivity index (χ1v) is 43.8. The lowest BCUT2D eigenvalue weighted by molar-refractivity contribution is 0.590. The molecule has 18 aromatic carbocycles. The summed E-state index contributed by atoms with van der Waals surface area (Å²) in [5.74, 6) is 0. The van der Waals surface area contributed by atoms with Crippen LogP contribution in [-0.2, 0) is 21.7 Å². The van der Waals surface area contributed by atoms with Gasteiger partial charge in [-0.15, -0.1) is 0 Å². The van der Waals surface area contributed by atoms with Crippen LogP contribution in [0.15, 0.2) is 413 Å². The van der Waals surface area contributed by atoms with Crippen molar-refractivity contribution in [3.05, 3.63) is 502 Å². The SMILES string of the molecule is CC(C)(C)c1ccc2c(-c3ccc(C=C(c4ccccc4)c4ccccc4)cc3)c3cc(C(C)(C)C)ccc3c(-c3ccc(C=C(c4ccccc4)c4ccccc4)cc3)c2c1.CC(C)(C)c1ccc2c(-c3ccc(C=C(c4ccccc4)c4ccccc4)cc3)c3ccc(C(C)(C)C)cc3c(-c3ccc(C=C(c4ccccc4)c4ccccc4)cc3)c2c1. The lowest BCUT2D eigenvalue weighted by Crippen LogP contribution is -2.11. The molecular formula is C124H108. The Bertz CT molecular complexity index is 6490. The van der Waals surface area contributed by atoms with E-state index in [2.05, 4.69) is 520 Å². The van der Waals surface area contributed by atoms with Crippen LogP contribution in [0.3, 0.4) is 0 Å². The van der Waals surface area contributed by atoms with Crippen LogP contribution in [0.4, 0.5) is 0 Å². The second kappa shape index (κ2) is 35.2. The van der Waals surface area contributed by atoms with E-state index in [0.717, 1.165) is 0 Å². The molecule has 0 aliphatic carbocycles. The average Bonchev–Trinajstić information content (AvgIpc) is 0.727. The molecule has 0 heterocycles. The molecule has 0 nitrogen and oxygen atoms in total. The van der Waals surface area contributed by atoms with Crippen molar-refractivity contribution < 1.29 is 0 Å². The van der Waals surface area contributed by atoms with Crippen LogP contribution < -0.4 is 0 Å². The van der Waals surface area contributed by atoms with Gasteiger partial charge in [0, 0.05) is 0 Å². The van der Waals surface area contributed by atoms with E-state index in [9.17, 15) is 0 Å². The topological polar surface area (TPSA) is 0 Å². The van der Waals surface area contributed by atoms with Gasteiger partial charge in [-0.25, -0.2) is 0 Å². The molecule has 0 amide bonds. The van der Waals surface area contributed by atoms with Gasteiger partial charge in [0.05, 0.1) is 0 Å². The first kappa shape index (κ1) is 82.3. The third-order valence-corrected chi connectivity index (χ3v) is 24.4. The molecule has 0 aromatic heterocycles. The monoisotopic (exact) mass is 1600 g/mol. The molecule has 0 radical (unpaired) electrons. The molecule has 18 rings (SSSR count). The highest BCUT2D eigenvalue weighted by Gasteiger charge is 2.27. The summed E-state index contributed by atoms with van der Waals surface area (Å²) in [6, 6.07) is 151. The molecule has 124 heavy (non-hydrogen) atoms. The van der Waals surface area contributed by atoms with Crippen molar-refractivity contribution in [1.29, 1.82) is 0 Å². The molecule has 0 aliphatic rings. The molecule has 0 N–H and O–H groups in total. The highest BCUT2D eigenvalue weighted by molar-refractivity contribution is 6.23. The second-order valence-corrected chi connectivity index (χ2v) is 37.2. The van der Waals surface area contributed by atoms with Gasteiger partial charge < -0.3 is 0 Å². The van der Waals surface area contributed by atoms with Crippen molar-refractivity contribution in [2.75, 3.05) is 0 Å². The van der Waals surface area contributed by atoms with Gasteiger partial charge in [-0.1, -0.05) is 471 Å². The van der Waals surface area contributed by atoms with E-state index in [1.165, 1.54) is 199 Å². The predicted molar refractivity (Wildman–Crippen MR) is 539 cm³/mol. The summed E-state index contributed by atoms with van der Waals surface area (Å²) >= 11 is 0.